The summed E-state index contributed by atoms with van der Waals surface area (Å²) in [6.07, 6.45) is 0.281. The number of aliphatic hydroxyl groups is 1. The lowest BCUT2D eigenvalue weighted by molar-refractivity contribution is -0.151. The van der Waals surface area contributed by atoms with Gasteiger partial charge >= 0.3 is 0 Å². The molecule has 3 rings (SSSR count). The van der Waals surface area contributed by atoms with E-state index in [1.54, 1.807) is 18.3 Å². The number of ether oxygens (including phenoxy) is 5. The monoisotopic (exact) mass is 339 g/mol. The van der Waals surface area contributed by atoms with Crippen LogP contribution < -0.4 is 4.74 Å². The molecule has 2 aliphatic heterocycles. The Kier molecular flexibility index (Phi) is 4.81. The van der Waals surface area contributed by atoms with Gasteiger partial charge in [0.15, 0.2) is 11.6 Å². The highest BCUT2D eigenvalue weighted by molar-refractivity contribution is 5.21. The van der Waals surface area contributed by atoms with Crippen molar-refractivity contribution in [2.45, 2.75) is 57.6 Å². The van der Waals surface area contributed by atoms with Gasteiger partial charge in [0.2, 0.25) is 5.88 Å². The zero-order valence-electron chi connectivity index (χ0n) is 14.5. The Morgan fingerprint density at radius 1 is 1.17 bits per heavy atom. The molecule has 0 bridgehead atoms. The van der Waals surface area contributed by atoms with E-state index in [1.165, 1.54) is 0 Å². The van der Waals surface area contributed by atoms with E-state index >= 15 is 0 Å². The number of pyridine rings is 1. The highest BCUT2D eigenvalue weighted by Crippen LogP contribution is 2.30. The summed E-state index contributed by atoms with van der Waals surface area (Å²) in [6, 6.07) is 3.50. The summed E-state index contributed by atoms with van der Waals surface area (Å²) in [5.74, 6) is -0.755. The van der Waals surface area contributed by atoms with Gasteiger partial charge in [0.25, 0.3) is 0 Å². The number of hydrogen-bond acceptors (Lipinski definition) is 7. The van der Waals surface area contributed by atoms with Gasteiger partial charge in [0.1, 0.15) is 24.9 Å². The van der Waals surface area contributed by atoms with E-state index in [9.17, 15) is 5.11 Å². The van der Waals surface area contributed by atoms with E-state index in [4.69, 9.17) is 23.7 Å². The topological polar surface area (TPSA) is 79.3 Å². The van der Waals surface area contributed by atoms with Crippen LogP contribution in [-0.4, -0.2) is 53.7 Å². The molecule has 24 heavy (non-hydrogen) atoms. The number of hydrogen-bond donors (Lipinski definition) is 1. The fraction of sp³-hybridized carbons (Fsp3) is 0.706. The second kappa shape index (κ2) is 6.57. The predicted molar refractivity (Wildman–Crippen MR) is 84.5 cm³/mol. The Bertz CT molecular complexity index is 559. The normalized spacial score (nSPS) is 29.5. The molecule has 1 aromatic rings. The molecule has 0 saturated carbocycles. The summed E-state index contributed by atoms with van der Waals surface area (Å²) in [5, 5.41) is 10.4. The van der Waals surface area contributed by atoms with Crippen LogP contribution in [0.1, 0.15) is 39.4 Å². The molecule has 2 saturated heterocycles. The van der Waals surface area contributed by atoms with Gasteiger partial charge in [-0.25, -0.2) is 4.98 Å². The molecule has 7 nitrogen and oxygen atoms in total. The molecule has 0 aromatic carbocycles. The van der Waals surface area contributed by atoms with E-state index in [0.717, 1.165) is 0 Å². The largest absolute Gasteiger partial charge is 0.475 e. The third-order valence-electron chi connectivity index (χ3n) is 3.97. The molecule has 3 heterocycles. The maximum Gasteiger partial charge on any atom is 0.213 e. The average molecular weight is 339 g/mol. The van der Waals surface area contributed by atoms with Gasteiger partial charge in [0.05, 0.1) is 13.2 Å². The van der Waals surface area contributed by atoms with Gasteiger partial charge in [-0.15, -0.1) is 0 Å². The molecular formula is C17H25NO6. The summed E-state index contributed by atoms with van der Waals surface area (Å²) in [5.41, 5.74) is 0.662. The second-order valence-corrected chi connectivity index (χ2v) is 7.00. The summed E-state index contributed by atoms with van der Waals surface area (Å²) in [6.45, 7) is 8.61. The molecule has 0 spiro atoms. The Balaban J connectivity index is 1.52. The summed E-state index contributed by atoms with van der Waals surface area (Å²) < 4.78 is 27.9. The molecule has 0 radical (unpaired) electrons. The van der Waals surface area contributed by atoms with Gasteiger partial charge < -0.3 is 28.8 Å². The fourth-order valence-electron chi connectivity index (χ4n) is 2.76. The summed E-state index contributed by atoms with van der Waals surface area (Å²) in [4.78, 5) is 4.23. The first-order valence-corrected chi connectivity index (χ1v) is 8.14. The average Bonchev–Trinajstić information content (AvgIpc) is 3.06. The van der Waals surface area contributed by atoms with Crippen LogP contribution in [0.25, 0.3) is 0 Å². The highest BCUT2D eigenvalue weighted by Gasteiger charge is 2.37. The van der Waals surface area contributed by atoms with Crippen LogP contribution in [0.4, 0.5) is 0 Å². The standard InChI is InChI=1S/C17H25NO6/c1-16(2)21-9-12(23-16)8-20-14-6-5-11(7-18-14)15(19)13-10-22-17(3,4)24-13/h5-7,12-13,15,19H,8-10H2,1-4H3/t12?,13-,15?/m0/s1. The molecule has 7 heteroatoms. The van der Waals surface area contributed by atoms with Crippen molar-refractivity contribution in [2.75, 3.05) is 19.8 Å². The van der Waals surface area contributed by atoms with Crippen LogP contribution in [0.3, 0.4) is 0 Å². The minimum Gasteiger partial charge on any atom is -0.475 e. The molecular weight excluding hydrogens is 314 g/mol. The van der Waals surface area contributed by atoms with E-state index in [1.807, 2.05) is 27.7 Å². The second-order valence-electron chi connectivity index (χ2n) is 7.00. The van der Waals surface area contributed by atoms with Gasteiger partial charge in [-0.3, -0.25) is 0 Å². The Morgan fingerprint density at radius 3 is 2.42 bits per heavy atom. The molecule has 1 N–H and O–H groups in total. The van der Waals surface area contributed by atoms with E-state index in [-0.39, 0.29) is 6.10 Å². The Hall–Kier alpha value is -1.25. The smallest absolute Gasteiger partial charge is 0.213 e. The molecule has 0 amide bonds. The molecule has 134 valence electrons. The van der Waals surface area contributed by atoms with Crippen LogP contribution >= 0.6 is 0 Å². The number of aliphatic hydroxyl groups excluding tert-OH is 1. The maximum absolute atomic E-state index is 10.4. The van der Waals surface area contributed by atoms with Crippen molar-refractivity contribution in [3.05, 3.63) is 23.9 Å². The predicted octanol–water partition coefficient (Wildman–Crippen LogP) is 1.80. The summed E-state index contributed by atoms with van der Waals surface area (Å²) in [7, 11) is 0. The quantitative estimate of drug-likeness (QED) is 0.876. The van der Waals surface area contributed by atoms with E-state index in [2.05, 4.69) is 4.98 Å². The molecule has 1 aromatic heterocycles. The molecule has 2 fully saturated rings. The van der Waals surface area contributed by atoms with Crippen molar-refractivity contribution in [1.82, 2.24) is 4.98 Å². The number of rotatable bonds is 5. The van der Waals surface area contributed by atoms with Gasteiger partial charge in [0, 0.05) is 17.8 Å². The minimum absolute atomic E-state index is 0.113. The number of aromatic nitrogens is 1. The minimum atomic E-state index is -0.791. The van der Waals surface area contributed by atoms with E-state index in [0.29, 0.717) is 31.3 Å². The van der Waals surface area contributed by atoms with Crippen molar-refractivity contribution in [3.63, 3.8) is 0 Å². The fourth-order valence-corrected chi connectivity index (χ4v) is 2.76. The van der Waals surface area contributed by atoms with Crippen molar-refractivity contribution >= 4 is 0 Å². The zero-order valence-corrected chi connectivity index (χ0v) is 14.5. The van der Waals surface area contributed by atoms with Crippen LogP contribution in [0.2, 0.25) is 0 Å². The first-order valence-electron chi connectivity index (χ1n) is 8.14. The first kappa shape index (κ1) is 17.6. The van der Waals surface area contributed by atoms with Crippen LogP contribution in [0.5, 0.6) is 5.88 Å². The first-order chi connectivity index (χ1) is 11.2. The molecule has 2 unspecified atom stereocenters. The number of nitrogens with zero attached hydrogens (tertiary/aromatic N) is 1. The highest BCUT2D eigenvalue weighted by atomic mass is 16.8. The molecule has 0 aliphatic carbocycles. The lowest BCUT2D eigenvalue weighted by atomic mass is 10.1. The lowest BCUT2D eigenvalue weighted by Crippen LogP contribution is -2.26. The summed E-state index contributed by atoms with van der Waals surface area (Å²) >= 11 is 0. The zero-order chi connectivity index (χ0) is 17.4. The Labute approximate surface area is 141 Å². The maximum atomic E-state index is 10.4. The Morgan fingerprint density at radius 2 is 1.88 bits per heavy atom. The van der Waals surface area contributed by atoms with E-state index < -0.39 is 23.8 Å². The SMILES string of the molecule is CC1(C)OCC(COc2ccc(C(O)[C@@H]3COC(C)(C)O3)cn2)O1. The molecule has 3 atom stereocenters. The van der Waals surface area contributed by atoms with Crippen LogP contribution in [-0.2, 0) is 18.9 Å². The van der Waals surface area contributed by atoms with Crippen molar-refractivity contribution in [3.8, 4) is 5.88 Å². The lowest BCUT2D eigenvalue weighted by Gasteiger charge is -2.20. The molecule has 2 aliphatic rings. The van der Waals surface area contributed by atoms with Crippen molar-refractivity contribution in [2.24, 2.45) is 0 Å². The van der Waals surface area contributed by atoms with Gasteiger partial charge in [-0.2, -0.15) is 0 Å². The van der Waals surface area contributed by atoms with Crippen molar-refractivity contribution < 1.29 is 28.8 Å². The van der Waals surface area contributed by atoms with Crippen molar-refractivity contribution in [1.29, 1.82) is 0 Å². The van der Waals surface area contributed by atoms with Crippen LogP contribution in [0, 0.1) is 0 Å². The van der Waals surface area contributed by atoms with Crippen LogP contribution in [0.15, 0.2) is 18.3 Å². The van der Waals surface area contributed by atoms with Gasteiger partial charge in [-0.05, 0) is 33.8 Å². The third kappa shape index (κ3) is 4.23. The van der Waals surface area contributed by atoms with Gasteiger partial charge in [-0.1, -0.05) is 0 Å². The third-order valence-corrected chi connectivity index (χ3v) is 3.97.